The molecule has 1 fully saturated rings. The molecule has 3 aromatic rings. The summed E-state index contributed by atoms with van der Waals surface area (Å²) in [6, 6.07) is 7.56. The highest BCUT2D eigenvalue weighted by Crippen LogP contribution is 2.34. The number of carbonyl (C=O) groups is 1. The molecule has 4 rings (SSSR count). The molecule has 142 valence electrons. The second-order valence-corrected chi connectivity index (χ2v) is 9.15. The number of anilines is 1. The van der Waals surface area contributed by atoms with E-state index in [2.05, 4.69) is 42.2 Å². The molecule has 0 spiro atoms. The van der Waals surface area contributed by atoms with Gasteiger partial charge in [0.25, 0.3) is 5.91 Å². The van der Waals surface area contributed by atoms with Crippen molar-refractivity contribution in [2.45, 2.75) is 45.1 Å². The Bertz CT molecular complexity index is 931. The number of piperidine rings is 1. The van der Waals surface area contributed by atoms with E-state index in [4.69, 9.17) is 4.98 Å². The molecule has 0 radical (unpaired) electrons. The second kappa shape index (κ2) is 7.09. The van der Waals surface area contributed by atoms with Gasteiger partial charge in [-0.15, -0.1) is 11.3 Å². The van der Waals surface area contributed by atoms with Crippen LogP contribution in [0, 0.1) is 0 Å². The molecule has 2 N–H and O–H groups in total. The van der Waals surface area contributed by atoms with E-state index in [-0.39, 0.29) is 11.4 Å². The molecular formula is C21H26N4OS. The lowest BCUT2D eigenvalue weighted by Crippen LogP contribution is -2.45. The fourth-order valence-electron chi connectivity index (χ4n) is 3.85. The van der Waals surface area contributed by atoms with Crippen LogP contribution in [0.25, 0.3) is 11.0 Å². The number of hydrogen-bond acceptors (Lipinski definition) is 4. The maximum absolute atomic E-state index is 12.3. The second-order valence-electron chi connectivity index (χ2n) is 8.20. The van der Waals surface area contributed by atoms with Crippen LogP contribution in [0.15, 0.2) is 35.8 Å². The van der Waals surface area contributed by atoms with Gasteiger partial charge in [-0.2, -0.15) is 0 Å². The lowest BCUT2D eigenvalue weighted by atomic mass is 9.88. The summed E-state index contributed by atoms with van der Waals surface area (Å²) in [7, 11) is 0. The first-order valence-electron chi connectivity index (χ1n) is 9.50. The summed E-state index contributed by atoms with van der Waals surface area (Å²) in [6.07, 6.45) is 4.37. The maximum atomic E-state index is 12.3. The zero-order valence-corrected chi connectivity index (χ0v) is 16.9. The SMILES string of the molecule is CC(C)(C)N1CCC(c2c[nH]c3ccc(NC(=O)c4cccs4)nc23)CC1. The van der Waals surface area contributed by atoms with Crippen LogP contribution in [0.1, 0.15) is 54.8 Å². The van der Waals surface area contributed by atoms with Crippen LogP contribution in [0.5, 0.6) is 0 Å². The third-order valence-corrected chi connectivity index (χ3v) is 6.29. The van der Waals surface area contributed by atoms with E-state index < -0.39 is 0 Å². The average Bonchev–Trinajstić information content (AvgIpc) is 3.31. The number of rotatable bonds is 3. The minimum absolute atomic E-state index is 0.104. The number of H-pyrrole nitrogens is 1. The van der Waals surface area contributed by atoms with E-state index in [1.807, 2.05) is 29.6 Å². The van der Waals surface area contributed by atoms with Crippen LogP contribution in [-0.2, 0) is 0 Å². The van der Waals surface area contributed by atoms with E-state index in [9.17, 15) is 4.79 Å². The molecule has 0 aliphatic carbocycles. The highest BCUT2D eigenvalue weighted by molar-refractivity contribution is 7.12. The Morgan fingerprint density at radius 3 is 2.70 bits per heavy atom. The van der Waals surface area contributed by atoms with Crippen LogP contribution < -0.4 is 5.32 Å². The van der Waals surface area contributed by atoms with Crippen LogP contribution >= 0.6 is 11.3 Å². The van der Waals surface area contributed by atoms with E-state index in [0.29, 0.717) is 16.6 Å². The number of aromatic nitrogens is 2. The van der Waals surface area contributed by atoms with Crippen LogP contribution in [0.3, 0.4) is 0 Å². The zero-order valence-electron chi connectivity index (χ0n) is 16.1. The number of hydrogen-bond donors (Lipinski definition) is 2. The van der Waals surface area contributed by atoms with Crippen molar-refractivity contribution in [3.05, 3.63) is 46.3 Å². The summed E-state index contributed by atoms with van der Waals surface area (Å²) in [6.45, 7) is 9.06. The molecule has 6 heteroatoms. The summed E-state index contributed by atoms with van der Waals surface area (Å²) >= 11 is 1.43. The summed E-state index contributed by atoms with van der Waals surface area (Å²) in [5.41, 5.74) is 3.50. The number of nitrogens with one attached hydrogen (secondary N) is 2. The van der Waals surface area contributed by atoms with Crippen LogP contribution in [0.4, 0.5) is 5.82 Å². The van der Waals surface area contributed by atoms with E-state index in [1.54, 1.807) is 0 Å². The third-order valence-electron chi connectivity index (χ3n) is 5.42. The Labute approximate surface area is 163 Å². The van der Waals surface area contributed by atoms with Crippen LogP contribution in [-0.4, -0.2) is 39.4 Å². The molecule has 1 amide bonds. The van der Waals surface area contributed by atoms with Gasteiger partial charge in [-0.1, -0.05) is 6.07 Å². The Hall–Kier alpha value is -2.18. The number of pyridine rings is 1. The van der Waals surface area contributed by atoms with E-state index >= 15 is 0 Å². The normalized spacial score (nSPS) is 16.7. The summed E-state index contributed by atoms with van der Waals surface area (Å²) in [5.74, 6) is 1.01. The largest absolute Gasteiger partial charge is 0.360 e. The molecule has 1 aliphatic rings. The minimum atomic E-state index is -0.104. The first kappa shape index (κ1) is 18.2. The molecule has 5 nitrogen and oxygen atoms in total. The molecule has 0 unspecified atom stereocenters. The quantitative estimate of drug-likeness (QED) is 0.680. The molecule has 0 bridgehead atoms. The Morgan fingerprint density at radius 2 is 2.04 bits per heavy atom. The number of likely N-dealkylation sites (tertiary alicyclic amines) is 1. The van der Waals surface area contributed by atoms with E-state index in [0.717, 1.165) is 37.0 Å². The fraction of sp³-hybridized carbons (Fsp3) is 0.429. The Balaban J connectivity index is 1.53. The minimum Gasteiger partial charge on any atom is -0.360 e. The third kappa shape index (κ3) is 3.77. The summed E-state index contributed by atoms with van der Waals surface area (Å²) in [4.78, 5) is 23.7. The van der Waals surface area contributed by atoms with Crippen LogP contribution in [0.2, 0.25) is 0 Å². The van der Waals surface area contributed by atoms with Gasteiger partial charge in [-0.3, -0.25) is 9.69 Å². The topological polar surface area (TPSA) is 61.0 Å². The Kier molecular flexibility index (Phi) is 4.78. The maximum Gasteiger partial charge on any atom is 0.266 e. The van der Waals surface area contributed by atoms with Gasteiger partial charge in [0, 0.05) is 11.7 Å². The van der Waals surface area contributed by atoms with Crippen molar-refractivity contribution in [1.82, 2.24) is 14.9 Å². The lowest BCUT2D eigenvalue weighted by molar-refractivity contribution is 0.102. The molecule has 0 saturated carbocycles. The van der Waals surface area contributed by atoms with Crippen molar-refractivity contribution in [1.29, 1.82) is 0 Å². The van der Waals surface area contributed by atoms with Gasteiger partial charge in [-0.05, 0) is 81.8 Å². The number of carbonyl (C=O) groups excluding carboxylic acids is 1. The first-order chi connectivity index (χ1) is 12.9. The fourth-order valence-corrected chi connectivity index (χ4v) is 4.47. The highest BCUT2D eigenvalue weighted by atomic mass is 32.1. The van der Waals surface area contributed by atoms with Crippen molar-refractivity contribution >= 4 is 34.1 Å². The molecule has 1 aliphatic heterocycles. The zero-order chi connectivity index (χ0) is 19.0. The first-order valence-corrected chi connectivity index (χ1v) is 10.4. The molecule has 3 aromatic heterocycles. The van der Waals surface area contributed by atoms with Gasteiger partial charge in [0.2, 0.25) is 0 Å². The molecule has 4 heterocycles. The Morgan fingerprint density at radius 1 is 1.26 bits per heavy atom. The highest BCUT2D eigenvalue weighted by Gasteiger charge is 2.29. The van der Waals surface area contributed by atoms with Crippen molar-refractivity contribution in [3.8, 4) is 0 Å². The van der Waals surface area contributed by atoms with Gasteiger partial charge in [0.05, 0.1) is 15.9 Å². The van der Waals surface area contributed by atoms with Gasteiger partial charge in [0.15, 0.2) is 0 Å². The number of fused-ring (bicyclic) bond motifs is 1. The predicted molar refractivity (Wildman–Crippen MR) is 112 cm³/mol. The summed E-state index contributed by atoms with van der Waals surface area (Å²) < 4.78 is 0. The predicted octanol–water partition coefficient (Wildman–Crippen LogP) is 4.85. The molecule has 27 heavy (non-hydrogen) atoms. The van der Waals surface area contributed by atoms with Gasteiger partial charge in [-0.25, -0.2) is 4.98 Å². The van der Waals surface area contributed by atoms with Crippen molar-refractivity contribution in [2.24, 2.45) is 0 Å². The monoisotopic (exact) mass is 382 g/mol. The van der Waals surface area contributed by atoms with E-state index in [1.165, 1.54) is 16.9 Å². The molecule has 0 aromatic carbocycles. The lowest BCUT2D eigenvalue weighted by Gasteiger charge is -2.40. The van der Waals surface area contributed by atoms with Gasteiger partial charge >= 0.3 is 0 Å². The van der Waals surface area contributed by atoms with Gasteiger partial charge in [0.1, 0.15) is 5.82 Å². The number of aromatic amines is 1. The number of amides is 1. The molecular weight excluding hydrogens is 356 g/mol. The summed E-state index contributed by atoms with van der Waals surface area (Å²) in [5, 5.41) is 4.82. The number of thiophene rings is 1. The standard InChI is InChI=1S/C21H26N4OS/c1-21(2,3)25-10-8-14(9-11-25)15-13-22-16-6-7-18(23-19(15)16)24-20(26)17-5-4-12-27-17/h4-7,12-14,22H,8-11H2,1-3H3,(H,23,24,26). The van der Waals surface area contributed by atoms with Crippen molar-refractivity contribution in [2.75, 3.05) is 18.4 Å². The number of nitrogens with zero attached hydrogens (tertiary/aromatic N) is 2. The molecule has 1 saturated heterocycles. The molecule has 0 atom stereocenters. The van der Waals surface area contributed by atoms with Crippen molar-refractivity contribution < 1.29 is 4.79 Å². The van der Waals surface area contributed by atoms with Crippen molar-refractivity contribution in [3.63, 3.8) is 0 Å². The van der Waals surface area contributed by atoms with Gasteiger partial charge < -0.3 is 10.3 Å². The average molecular weight is 383 g/mol. The smallest absolute Gasteiger partial charge is 0.266 e.